The predicted octanol–water partition coefficient (Wildman–Crippen LogP) is 3.87. The van der Waals surface area contributed by atoms with Crippen molar-refractivity contribution in [3.8, 4) is 0 Å². The number of carbonyl (C=O) groups is 4. The summed E-state index contributed by atoms with van der Waals surface area (Å²) >= 11 is 5.83. The van der Waals surface area contributed by atoms with Crippen molar-refractivity contribution >= 4 is 40.9 Å². The Kier molecular flexibility index (Phi) is 8.75. The van der Waals surface area contributed by atoms with Gasteiger partial charge in [-0.25, -0.2) is 4.79 Å². The molecule has 0 aliphatic rings. The second-order valence-electron chi connectivity index (χ2n) is 7.45. The van der Waals surface area contributed by atoms with Crippen LogP contribution < -0.4 is 10.6 Å². The molecule has 0 aliphatic carbocycles. The van der Waals surface area contributed by atoms with Crippen molar-refractivity contribution in [2.45, 2.75) is 33.2 Å². The molecule has 2 amide bonds. The van der Waals surface area contributed by atoms with Gasteiger partial charge in [-0.3, -0.25) is 14.4 Å². The summed E-state index contributed by atoms with van der Waals surface area (Å²) in [6.45, 7) is 4.77. The van der Waals surface area contributed by atoms with Gasteiger partial charge in [0.2, 0.25) is 0 Å². The largest absolute Gasteiger partial charge is 0.454 e. The molecule has 1 atom stereocenters. The summed E-state index contributed by atoms with van der Waals surface area (Å²) in [5.74, 6) is -1.64. The van der Waals surface area contributed by atoms with Gasteiger partial charge in [0.05, 0.1) is 0 Å². The fourth-order valence-corrected chi connectivity index (χ4v) is 2.88. The maximum absolute atomic E-state index is 12.5. The zero-order chi connectivity index (χ0) is 23.0. The van der Waals surface area contributed by atoms with Crippen molar-refractivity contribution < 1.29 is 23.9 Å². The molecular formula is C23H25ClN2O5. The lowest BCUT2D eigenvalue weighted by Gasteiger charge is -2.19. The van der Waals surface area contributed by atoms with Crippen LogP contribution in [0.3, 0.4) is 0 Å². The maximum atomic E-state index is 12.5. The van der Waals surface area contributed by atoms with Crippen LogP contribution in [0.2, 0.25) is 5.02 Å². The van der Waals surface area contributed by atoms with Crippen LogP contribution in [-0.4, -0.2) is 36.2 Å². The van der Waals surface area contributed by atoms with Gasteiger partial charge in [-0.15, -0.1) is 0 Å². The second kappa shape index (κ2) is 11.3. The van der Waals surface area contributed by atoms with Crippen molar-refractivity contribution in [3.63, 3.8) is 0 Å². The maximum Gasteiger partial charge on any atom is 0.329 e. The minimum atomic E-state index is -0.897. The number of benzene rings is 2. The molecule has 0 spiro atoms. The molecule has 8 heteroatoms. The van der Waals surface area contributed by atoms with E-state index in [1.807, 2.05) is 13.8 Å². The van der Waals surface area contributed by atoms with Crippen molar-refractivity contribution in [2.75, 3.05) is 11.9 Å². The molecule has 1 unspecified atom stereocenters. The molecule has 31 heavy (non-hydrogen) atoms. The highest BCUT2D eigenvalue weighted by molar-refractivity contribution is 6.30. The molecule has 2 aromatic rings. The third-order valence-corrected chi connectivity index (χ3v) is 4.58. The molecular weight excluding hydrogens is 420 g/mol. The number of nitrogens with one attached hydrogen (secondary N) is 2. The number of halogens is 1. The smallest absolute Gasteiger partial charge is 0.329 e. The Hall–Kier alpha value is -3.19. The zero-order valence-corrected chi connectivity index (χ0v) is 18.4. The summed E-state index contributed by atoms with van der Waals surface area (Å²) in [7, 11) is 0. The van der Waals surface area contributed by atoms with E-state index >= 15 is 0 Å². The Labute approximate surface area is 186 Å². The van der Waals surface area contributed by atoms with E-state index in [0.717, 1.165) is 0 Å². The topological polar surface area (TPSA) is 102 Å². The summed E-state index contributed by atoms with van der Waals surface area (Å²) in [5, 5.41) is 5.74. The molecule has 164 valence electrons. The molecule has 0 aliphatic heterocycles. The van der Waals surface area contributed by atoms with Crippen LogP contribution in [-0.2, 0) is 14.3 Å². The summed E-state index contributed by atoms with van der Waals surface area (Å²) in [6.07, 6.45) is 0.353. The highest BCUT2D eigenvalue weighted by Gasteiger charge is 2.24. The first-order valence-corrected chi connectivity index (χ1v) is 10.2. The van der Waals surface area contributed by atoms with E-state index < -0.39 is 30.4 Å². The van der Waals surface area contributed by atoms with Crippen LogP contribution in [0.4, 0.5) is 5.69 Å². The van der Waals surface area contributed by atoms with E-state index in [1.165, 1.54) is 6.92 Å². The van der Waals surface area contributed by atoms with Gasteiger partial charge in [0, 0.05) is 21.8 Å². The Morgan fingerprint density at radius 1 is 0.935 bits per heavy atom. The monoisotopic (exact) mass is 444 g/mol. The number of Topliss-reactive ketones (excluding diaryl/α,β-unsaturated/α-hetero) is 1. The number of hydrogen-bond acceptors (Lipinski definition) is 5. The standard InChI is InChI=1S/C23H25ClN2O5/c1-14(2)12-20(26-22(29)17-4-8-18(24)9-5-17)23(30)31-13-21(28)25-19-10-6-16(7-11-19)15(3)27/h4-11,14,20H,12-13H2,1-3H3,(H,25,28)(H,26,29). The van der Waals surface area contributed by atoms with Crippen LogP contribution >= 0.6 is 11.6 Å². The molecule has 0 aromatic heterocycles. The third-order valence-electron chi connectivity index (χ3n) is 4.32. The Balaban J connectivity index is 1.93. The molecule has 0 saturated heterocycles. The number of esters is 1. The van der Waals surface area contributed by atoms with Crippen molar-refractivity contribution in [3.05, 3.63) is 64.7 Å². The molecule has 0 saturated carbocycles. The highest BCUT2D eigenvalue weighted by Crippen LogP contribution is 2.12. The fraction of sp³-hybridized carbons (Fsp3) is 0.304. The average molecular weight is 445 g/mol. The minimum absolute atomic E-state index is 0.0800. The van der Waals surface area contributed by atoms with E-state index in [4.69, 9.17) is 16.3 Å². The van der Waals surface area contributed by atoms with Crippen molar-refractivity contribution in [1.82, 2.24) is 5.32 Å². The van der Waals surface area contributed by atoms with Crippen LogP contribution in [0.25, 0.3) is 0 Å². The molecule has 0 radical (unpaired) electrons. The Morgan fingerprint density at radius 2 is 1.52 bits per heavy atom. The van der Waals surface area contributed by atoms with Gasteiger partial charge >= 0.3 is 5.97 Å². The number of anilines is 1. The lowest BCUT2D eigenvalue weighted by Crippen LogP contribution is -2.43. The number of ketones is 1. The van der Waals surface area contributed by atoms with E-state index in [0.29, 0.717) is 28.3 Å². The lowest BCUT2D eigenvalue weighted by molar-refractivity contribution is -0.149. The first-order valence-electron chi connectivity index (χ1n) is 9.79. The molecule has 2 aromatic carbocycles. The molecule has 0 bridgehead atoms. The lowest BCUT2D eigenvalue weighted by atomic mass is 10.0. The van der Waals surface area contributed by atoms with Crippen LogP contribution in [0.1, 0.15) is 47.9 Å². The average Bonchev–Trinajstić information content (AvgIpc) is 2.72. The summed E-state index contributed by atoms with van der Waals surface area (Å²) in [5.41, 5.74) is 1.36. The van der Waals surface area contributed by atoms with E-state index in [2.05, 4.69) is 10.6 Å². The highest BCUT2D eigenvalue weighted by atomic mass is 35.5. The number of carbonyl (C=O) groups excluding carboxylic acids is 4. The van der Waals surface area contributed by atoms with Gasteiger partial charge in [-0.05, 0) is 67.8 Å². The van der Waals surface area contributed by atoms with Crippen LogP contribution in [0, 0.1) is 5.92 Å². The summed E-state index contributed by atoms with van der Waals surface area (Å²) < 4.78 is 5.12. The third kappa shape index (κ3) is 7.86. The molecule has 2 rings (SSSR count). The number of rotatable bonds is 9. The van der Waals surface area contributed by atoms with Crippen LogP contribution in [0.15, 0.2) is 48.5 Å². The first kappa shape index (κ1) is 24.1. The predicted molar refractivity (Wildman–Crippen MR) is 118 cm³/mol. The SMILES string of the molecule is CC(=O)c1ccc(NC(=O)COC(=O)C(CC(C)C)NC(=O)c2ccc(Cl)cc2)cc1. The van der Waals surface area contributed by atoms with Crippen LogP contribution in [0.5, 0.6) is 0 Å². The minimum Gasteiger partial charge on any atom is -0.454 e. The number of ether oxygens (including phenoxy) is 1. The summed E-state index contributed by atoms with van der Waals surface area (Å²) in [6, 6.07) is 11.7. The van der Waals surface area contributed by atoms with E-state index in [9.17, 15) is 19.2 Å². The Bertz CT molecular complexity index is 939. The van der Waals surface area contributed by atoms with Crippen molar-refractivity contribution in [1.29, 1.82) is 0 Å². The first-order chi connectivity index (χ1) is 14.7. The fourth-order valence-electron chi connectivity index (χ4n) is 2.75. The van der Waals surface area contributed by atoms with Gasteiger partial charge in [0.15, 0.2) is 12.4 Å². The normalized spacial score (nSPS) is 11.5. The van der Waals surface area contributed by atoms with Gasteiger partial charge < -0.3 is 15.4 Å². The van der Waals surface area contributed by atoms with E-state index in [-0.39, 0.29) is 11.7 Å². The Morgan fingerprint density at radius 3 is 2.06 bits per heavy atom. The number of amides is 2. The quantitative estimate of drug-likeness (QED) is 0.451. The van der Waals surface area contributed by atoms with Gasteiger partial charge in [0.1, 0.15) is 6.04 Å². The van der Waals surface area contributed by atoms with Gasteiger partial charge in [-0.1, -0.05) is 25.4 Å². The number of hydrogen-bond donors (Lipinski definition) is 2. The molecule has 0 fully saturated rings. The summed E-state index contributed by atoms with van der Waals surface area (Å²) in [4.78, 5) is 48.3. The zero-order valence-electron chi connectivity index (χ0n) is 17.6. The van der Waals surface area contributed by atoms with E-state index in [1.54, 1.807) is 48.5 Å². The van der Waals surface area contributed by atoms with Crippen molar-refractivity contribution in [2.24, 2.45) is 5.92 Å². The molecule has 7 nitrogen and oxygen atoms in total. The van der Waals surface area contributed by atoms with Gasteiger partial charge in [0.25, 0.3) is 11.8 Å². The second-order valence-corrected chi connectivity index (χ2v) is 7.89. The molecule has 2 N–H and O–H groups in total. The molecule has 0 heterocycles. The van der Waals surface area contributed by atoms with Gasteiger partial charge in [-0.2, -0.15) is 0 Å².